The summed E-state index contributed by atoms with van der Waals surface area (Å²) >= 11 is 5.98. The minimum Gasteiger partial charge on any atom is -0.352 e. The SMILES string of the molecule is Cl.O=C(NCCCN1CCNCC1)c1cnn(-c2cccc(Cl)c2)c1. The van der Waals surface area contributed by atoms with Gasteiger partial charge in [0, 0.05) is 43.9 Å². The molecule has 1 aliphatic rings. The average molecular weight is 384 g/mol. The van der Waals surface area contributed by atoms with E-state index in [2.05, 4.69) is 20.6 Å². The topological polar surface area (TPSA) is 62.2 Å². The molecule has 0 spiro atoms. The molecular formula is C17H23Cl2N5O. The van der Waals surface area contributed by atoms with Crippen LogP contribution >= 0.6 is 24.0 Å². The van der Waals surface area contributed by atoms with E-state index in [9.17, 15) is 4.79 Å². The van der Waals surface area contributed by atoms with Crippen LogP contribution in [0, 0.1) is 0 Å². The summed E-state index contributed by atoms with van der Waals surface area (Å²) in [5, 5.41) is 11.2. The predicted molar refractivity (Wildman–Crippen MR) is 102 cm³/mol. The molecule has 3 rings (SSSR count). The Labute approximate surface area is 158 Å². The fraction of sp³-hybridized carbons (Fsp3) is 0.412. The molecule has 2 heterocycles. The number of carbonyl (C=O) groups is 1. The molecular weight excluding hydrogens is 361 g/mol. The summed E-state index contributed by atoms with van der Waals surface area (Å²) < 4.78 is 1.65. The Kier molecular flexibility index (Phi) is 7.71. The molecule has 6 nitrogen and oxygen atoms in total. The number of hydrogen-bond acceptors (Lipinski definition) is 4. The monoisotopic (exact) mass is 383 g/mol. The first-order valence-corrected chi connectivity index (χ1v) is 8.62. The van der Waals surface area contributed by atoms with Crippen molar-refractivity contribution >= 4 is 29.9 Å². The van der Waals surface area contributed by atoms with Crippen molar-refractivity contribution in [2.75, 3.05) is 39.3 Å². The van der Waals surface area contributed by atoms with Crippen molar-refractivity contribution < 1.29 is 4.79 Å². The summed E-state index contributed by atoms with van der Waals surface area (Å²) in [5.41, 5.74) is 1.39. The van der Waals surface area contributed by atoms with Crippen LogP contribution in [-0.4, -0.2) is 59.9 Å². The van der Waals surface area contributed by atoms with Crippen LogP contribution in [0.25, 0.3) is 5.69 Å². The van der Waals surface area contributed by atoms with Gasteiger partial charge in [0.2, 0.25) is 0 Å². The van der Waals surface area contributed by atoms with Gasteiger partial charge in [0.15, 0.2) is 0 Å². The van der Waals surface area contributed by atoms with E-state index in [1.54, 1.807) is 23.1 Å². The maximum atomic E-state index is 12.2. The summed E-state index contributed by atoms with van der Waals surface area (Å²) in [6.45, 7) is 5.96. The normalized spacial score (nSPS) is 14.8. The van der Waals surface area contributed by atoms with Crippen LogP contribution in [0.2, 0.25) is 5.02 Å². The molecule has 1 aromatic heterocycles. The molecule has 2 N–H and O–H groups in total. The maximum Gasteiger partial charge on any atom is 0.254 e. The van der Waals surface area contributed by atoms with Gasteiger partial charge in [-0.2, -0.15) is 5.10 Å². The second kappa shape index (κ2) is 9.77. The Morgan fingerprint density at radius 3 is 2.88 bits per heavy atom. The number of carbonyl (C=O) groups excluding carboxylic acids is 1. The molecule has 0 saturated carbocycles. The van der Waals surface area contributed by atoms with Gasteiger partial charge >= 0.3 is 0 Å². The molecule has 1 aromatic carbocycles. The molecule has 25 heavy (non-hydrogen) atoms. The van der Waals surface area contributed by atoms with E-state index in [0.29, 0.717) is 17.1 Å². The van der Waals surface area contributed by atoms with E-state index in [4.69, 9.17) is 11.6 Å². The van der Waals surface area contributed by atoms with Gasteiger partial charge in [-0.25, -0.2) is 4.68 Å². The van der Waals surface area contributed by atoms with Crippen molar-refractivity contribution in [1.29, 1.82) is 0 Å². The summed E-state index contributed by atoms with van der Waals surface area (Å²) in [5.74, 6) is -0.0939. The number of benzene rings is 1. The fourth-order valence-electron chi connectivity index (χ4n) is 2.74. The molecule has 1 fully saturated rings. The van der Waals surface area contributed by atoms with E-state index < -0.39 is 0 Å². The highest BCUT2D eigenvalue weighted by molar-refractivity contribution is 6.30. The zero-order valence-corrected chi connectivity index (χ0v) is 15.5. The predicted octanol–water partition coefficient (Wildman–Crippen LogP) is 1.97. The van der Waals surface area contributed by atoms with Crippen LogP contribution in [0.3, 0.4) is 0 Å². The van der Waals surface area contributed by atoms with Gasteiger partial charge in [-0.1, -0.05) is 17.7 Å². The smallest absolute Gasteiger partial charge is 0.254 e. The lowest BCUT2D eigenvalue weighted by Gasteiger charge is -2.27. The molecule has 1 aliphatic heterocycles. The van der Waals surface area contributed by atoms with E-state index in [0.717, 1.165) is 44.8 Å². The number of hydrogen-bond donors (Lipinski definition) is 2. The molecule has 0 unspecified atom stereocenters. The van der Waals surface area contributed by atoms with E-state index >= 15 is 0 Å². The Hall–Kier alpha value is -1.60. The zero-order valence-electron chi connectivity index (χ0n) is 13.9. The third-order valence-corrected chi connectivity index (χ3v) is 4.30. The highest BCUT2D eigenvalue weighted by Gasteiger charge is 2.11. The van der Waals surface area contributed by atoms with E-state index in [1.165, 1.54) is 0 Å². The van der Waals surface area contributed by atoms with Crippen LogP contribution in [0.5, 0.6) is 0 Å². The lowest BCUT2D eigenvalue weighted by molar-refractivity contribution is 0.0951. The van der Waals surface area contributed by atoms with Crippen molar-refractivity contribution in [3.63, 3.8) is 0 Å². The van der Waals surface area contributed by atoms with Gasteiger partial charge in [0.25, 0.3) is 5.91 Å². The lowest BCUT2D eigenvalue weighted by atomic mass is 10.3. The largest absolute Gasteiger partial charge is 0.352 e. The molecule has 1 saturated heterocycles. The lowest BCUT2D eigenvalue weighted by Crippen LogP contribution is -2.44. The third-order valence-electron chi connectivity index (χ3n) is 4.06. The first-order valence-electron chi connectivity index (χ1n) is 8.24. The Balaban J connectivity index is 0.00000225. The second-order valence-corrected chi connectivity index (χ2v) is 6.29. The fourth-order valence-corrected chi connectivity index (χ4v) is 2.93. The molecule has 136 valence electrons. The number of aromatic nitrogens is 2. The summed E-state index contributed by atoms with van der Waals surface area (Å²) in [7, 11) is 0. The van der Waals surface area contributed by atoms with Gasteiger partial charge in [0.05, 0.1) is 17.4 Å². The van der Waals surface area contributed by atoms with Crippen molar-refractivity contribution in [3.05, 3.63) is 47.2 Å². The highest BCUT2D eigenvalue weighted by Crippen LogP contribution is 2.14. The molecule has 2 aromatic rings. The number of amides is 1. The first-order chi connectivity index (χ1) is 11.7. The van der Waals surface area contributed by atoms with Crippen molar-refractivity contribution in [2.45, 2.75) is 6.42 Å². The Morgan fingerprint density at radius 1 is 1.32 bits per heavy atom. The number of rotatable bonds is 6. The van der Waals surface area contributed by atoms with Gasteiger partial charge in [-0.05, 0) is 31.2 Å². The number of nitrogens with zero attached hydrogens (tertiary/aromatic N) is 3. The minimum absolute atomic E-state index is 0. The Morgan fingerprint density at radius 2 is 2.12 bits per heavy atom. The summed E-state index contributed by atoms with van der Waals surface area (Å²) in [6.07, 6.45) is 4.25. The van der Waals surface area contributed by atoms with Crippen molar-refractivity contribution in [3.8, 4) is 5.69 Å². The maximum absolute atomic E-state index is 12.2. The van der Waals surface area contributed by atoms with Crippen LogP contribution in [0.1, 0.15) is 16.8 Å². The quantitative estimate of drug-likeness (QED) is 0.748. The molecule has 0 aliphatic carbocycles. The summed E-state index contributed by atoms with van der Waals surface area (Å²) in [6, 6.07) is 7.37. The van der Waals surface area contributed by atoms with Crippen LogP contribution < -0.4 is 10.6 Å². The van der Waals surface area contributed by atoms with Crippen LogP contribution in [-0.2, 0) is 0 Å². The Bertz CT molecular complexity index is 685. The molecule has 8 heteroatoms. The van der Waals surface area contributed by atoms with E-state index in [-0.39, 0.29) is 18.3 Å². The second-order valence-electron chi connectivity index (χ2n) is 5.85. The minimum atomic E-state index is -0.0939. The third kappa shape index (κ3) is 5.71. The van der Waals surface area contributed by atoms with Crippen molar-refractivity contribution in [1.82, 2.24) is 25.3 Å². The van der Waals surface area contributed by atoms with Crippen molar-refractivity contribution in [2.24, 2.45) is 0 Å². The van der Waals surface area contributed by atoms with Gasteiger partial charge in [-0.15, -0.1) is 12.4 Å². The first kappa shape index (κ1) is 19.7. The van der Waals surface area contributed by atoms with Gasteiger partial charge in [-0.3, -0.25) is 4.79 Å². The summed E-state index contributed by atoms with van der Waals surface area (Å²) in [4.78, 5) is 14.6. The number of nitrogens with one attached hydrogen (secondary N) is 2. The molecule has 0 radical (unpaired) electrons. The molecule has 1 amide bonds. The average Bonchev–Trinajstić information content (AvgIpc) is 3.10. The number of halogens is 2. The van der Waals surface area contributed by atoms with Crippen LogP contribution in [0.15, 0.2) is 36.7 Å². The molecule has 0 atom stereocenters. The van der Waals surface area contributed by atoms with E-state index in [1.807, 2.05) is 18.2 Å². The number of piperazine rings is 1. The zero-order chi connectivity index (χ0) is 16.8. The van der Waals surface area contributed by atoms with Crippen LogP contribution in [0.4, 0.5) is 0 Å². The standard InChI is InChI=1S/C17H22ClN5O.ClH/c18-15-3-1-4-16(11-15)23-13-14(12-21-23)17(24)20-5-2-8-22-9-6-19-7-10-22;/h1,3-4,11-13,19H,2,5-10H2,(H,20,24);1H. The highest BCUT2D eigenvalue weighted by atomic mass is 35.5. The van der Waals surface area contributed by atoms with Gasteiger partial charge < -0.3 is 15.5 Å². The van der Waals surface area contributed by atoms with Gasteiger partial charge in [0.1, 0.15) is 0 Å². The molecule has 0 bridgehead atoms.